The molecule has 1 aromatic carbocycles. The predicted octanol–water partition coefficient (Wildman–Crippen LogP) is 4.06. The van der Waals surface area contributed by atoms with E-state index < -0.39 is 0 Å². The van der Waals surface area contributed by atoms with Crippen molar-refractivity contribution in [3.05, 3.63) is 65.7 Å². The molecular formula is C21H28FIN4. The van der Waals surface area contributed by atoms with Crippen molar-refractivity contribution in [1.29, 1.82) is 0 Å². The maximum Gasteiger partial charge on any atom is 0.191 e. The lowest BCUT2D eigenvalue weighted by Crippen LogP contribution is -2.45. The van der Waals surface area contributed by atoms with Crippen molar-refractivity contribution in [2.24, 2.45) is 4.99 Å². The zero-order valence-electron chi connectivity index (χ0n) is 15.7. The quantitative estimate of drug-likeness (QED) is 0.371. The fraction of sp³-hybridized carbons (Fsp3) is 0.429. The molecule has 0 spiro atoms. The maximum atomic E-state index is 13.3. The Bertz CT molecular complexity index is 713. The Balaban J connectivity index is 0.00000261. The van der Waals surface area contributed by atoms with Gasteiger partial charge in [0, 0.05) is 43.9 Å². The van der Waals surface area contributed by atoms with Crippen molar-refractivity contribution in [3.8, 4) is 0 Å². The summed E-state index contributed by atoms with van der Waals surface area (Å²) in [6.07, 6.45) is 7.34. The van der Waals surface area contributed by atoms with Crippen LogP contribution in [0.25, 0.3) is 0 Å². The fourth-order valence-electron chi connectivity index (χ4n) is 3.75. The Kier molecular flexibility index (Phi) is 8.47. The number of rotatable bonds is 6. The van der Waals surface area contributed by atoms with Gasteiger partial charge in [-0.25, -0.2) is 4.39 Å². The second-order valence-electron chi connectivity index (χ2n) is 6.92. The molecule has 0 atom stereocenters. The molecular weight excluding hydrogens is 454 g/mol. The average Bonchev–Trinajstić information content (AvgIpc) is 3.16. The van der Waals surface area contributed by atoms with Gasteiger partial charge in [0.15, 0.2) is 5.96 Å². The molecule has 1 heterocycles. The highest BCUT2D eigenvalue weighted by molar-refractivity contribution is 14.0. The molecule has 1 saturated carbocycles. The van der Waals surface area contributed by atoms with Gasteiger partial charge in [-0.05, 0) is 42.7 Å². The monoisotopic (exact) mass is 482 g/mol. The minimum absolute atomic E-state index is 0. The molecule has 6 heteroatoms. The molecule has 1 aliphatic carbocycles. The van der Waals surface area contributed by atoms with Gasteiger partial charge >= 0.3 is 0 Å². The van der Waals surface area contributed by atoms with E-state index in [0.29, 0.717) is 0 Å². The van der Waals surface area contributed by atoms with Crippen LogP contribution in [-0.2, 0) is 11.8 Å². The van der Waals surface area contributed by atoms with E-state index >= 15 is 0 Å². The smallest absolute Gasteiger partial charge is 0.191 e. The summed E-state index contributed by atoms with van der Waals surface area (Å²) in [4.78, 5) is 8.67. The summed E-state index contributed by atoms with van der Waals surface area (Å²) in [5.74, 6) is 0.621. The molecule has 0 amide bonds. The number of halogens is 2. The fourth-order valence-corrected chi connectivity index (χ4v) is 3.75. The predicted molar refractivity (Wildman–Crippen MR) is 119 cm³/mol. The maximum absolute atomic E-state index is 13.3. The van der Waals surface area contributed by atoms with Crippen molar-refractivity contribution in [2.75, 3.05) is 20.1 Å². The van der Waals surface area contributed by atoms with Gasteiger partial charge in [0.25, 0.3) is 0 Å². The van der Waals surface area contributed by atoms with Gasteiger partial charge in [0.1, 0.15) is 5.82 Å². The number of aromatic nitrogens is 1. The summed E-state index contributed by atoms with van der Waals surface area (Å²) >= 11 is 0. The summed E-state index contributed by atoms with van der Waals surface area (Å²) < 4.78 is 13.3. The molecule has 1 fully saturated rings. The number of pyridine rings is 1. The summed E-state index contributed by atoms with van der Waals surface area (Å²) in [5, 5.41) is 6.83. The summed E-state index contributed by atoms with van der Waals surface area (Å²) in [6.45, 7) is 1.59. The first kappa shape index (κ1) is 21.6. The largest absolute Gasteiger partial charge is 0.356 e. The molecule has 1 aliphatic rings. The van der Waals surface area contributed by atoms with Gasteiger partial charge in [-0.15, -0.1) is 24.0 Å². The lowest BCUT2D eigenvalue weighted by molar-refractivity contribution is 0.431. The Labute approximate surface area is 178 Å². The van der Waals surface area contributed by atoms with E-state index in [2.05, 4.69) is 20.6 Å². The van der Waals surface area contributed by atoms with E-state index in [1.54, 1.807) is 19.2 Å². The Morgan fingerprint density at radius 1 is 1.11 bits per heavy atom. The molecule has 146 valence electrons. The summed E-state index contributed by atoms with van der Waals surface area (Å²) in [5.41, 5.74) is 2.34. The Hall–Kier alpha value is -1.70. The van der Waals surface area contributed by atoms with E-state index in [1.807, 2.05) is 36.5 Å². The minimum atomic E-state index is -0.179. The van der Waals surface area contributed by atoms with Gasteiger partial charge in [-0.3, -0.25) is 9.98 Å². The number of benzene rings is 1. The van der Waals surface area contributed by atoms with Crippen LogP contribution < -0.4 is 10.6 Å². The standard InChI is InChI=1S/C21H27FN4.HI/c1-23-20(25-15-11-19-6-2-5-14-24-19)26-16-21(12-3-4-13-21)17-7-9-18(22)10-8-17;/h2,5-10,14H,3-4,11-13,15-16H2,1H3,(H2,23,25,26);1H. The molecule has 0 unspecified atom stereocenters. The van der Waals surface area contributed by atoms with Crippen LogP contribution in [-0.4, -0.2) is 31.1 Å². The Morgan fingerprint density at radius 2 is 1.85 bits per heavy atom. The van der Waals surface area contributed by atoms with Crippen molar-refractivity contribution in [1.82, 2.24) is 15.6 Å². The van der Waals surface area contributed by atoms with Crippen LogP contribution >= 0.6 is 24.0 Å². The normalized spacial score (nSPS) is 15.9. The summed E-state index contributed by atoms with van der Waals surface area (Å²) in [6, 6.07) is 12.9. The van der Waals surface area contributed by atoms with Crippen LogP contribution in [0.1, 0.15) is 36.9 Å². The van der Waals surface area contributed by atoms with Crippen LogP contribution in [0.15, 0.2) is 53.7 Å². The van der Waals surface area contributed by atoms with Crippen LogP contribution in [0, 0.1) is 5.82 Å². The second kappa shape index (κ2) is 10.6. The molecule has 0 radical (unpaired) electrons. The molecule has 0 bridgehead atoms. The lowest BCUT2D eigenvalue weighted by Gasteiger charge is -2.31. The molecule has 27 heavy (non-hydrogen) atoms. The SMILES string of the molecule is CN=C(NCCc1ccccn1)NCC1(c2ccc(F)cc2)CCCC1.I. The number of hydrogen-bond acceptors (Lipinski definition) is 2. The first-order chi connectivity index (χ1) is 12.7. The van der Waals surface area contributed by atoms with E-state index in [0.717, 1.165) is 44.0 Å². The van der Waals surface area contributed by atoms with Gasteiger partial charge in [0.05, 0.1) is 0 Å². The number of aliphatic imine (C=N–C) groups is 1. The zero-order chi connectivity index (χ0) is 18.2. The number of guanidine groups is 1. The highest BCUT2D eigenvalue weighted by Crippen LogP contribution is 2.40. The molecule has 4 nitrogen and oxygen atoms in total. The van der Waals surface area contributed by atoms with Gasteiger partial charge in [-0.2, -0.15) is 0 Å². The molecule has 3 rings (SSSR count). The third-order valence-electron chi connectivity index (χ3n) is 5.23. The number of nitrogens with zero attached hydrogens (tertiary/aromatic N) is 2. The number of hydrogen-bond donors (Lipinski definition) is 2. The van der Waals surface area contributed by atoms with Gasteiger partial charge < -0.3 is 10.6 Å². The zero-order valence-corrected chi connectivity index (χ0v) is 18.1. The lowest BCUT2D eigenvalue weighted by atomic mass is 9.79. The van der Waals surface area contributed by atoms with Crippen molar-refractivity contribution < 1.29 is 4.39 Å². The van der Waals surface area contributed by atoms with Crippen LogP contribution in [0.3, 0.4) is 0 Å². The highest BCUT2D eigenvalue weighted by Gasteiger charge is 2.35. The molecule has 0 aliphatic heterocycles. The minimum Gasteiger partial charge on any atom is -0.356 e. The van der Waals surface area contributed by atoms with Crippen LogP contribution in [0.2, 0.25) is 0 Å². The highest BCUT2D eigenvalue weighted by atomic mass is 127. The number of nitrogens with one attached hydrogen (secondary N) is 2. The van der Waals surface area contributed by atoms with Crippen molar-refractivity contribution in [2.45, 2.75) is 37.5 Å². The van der Waals surface area contributed by atoms with Gasteiger partial charge in [0.2, 0.25) is 0 Å². The third-order valence-corrected chi connectivity index (χ3v) is 5.23. The third kappa shape index (κ3) is 5.89. The Morgan fingerprint density at radius 3 is 2.48 bits per heavy atom. The molecule has 1 aromatic heterocycles. The first-order valence-corrected chi connectivity index (χ1v) is 9.32. The molecule has 2 aromatic rings. The molecule has 2 N–H and O–H groups in total. The van der Waals surface area contributed by atoms with E-state index in [-0.39, 0.29) is 35.2 Å². The van der Waals surface area contributed by atoms with E-state index in [1.165, 1.54) is 18.4 Å². The van der Waals surface area contributed by atoms with Gasteiger partial charge in [-0.1, -0.05) is 31.0 Å². The van der Waals surface area contributed by atoms with E-state index in [4.69, 9.17) is 0 Å². The van der Waals surface area contributed by atoms with Crippen molar-refractivity contribution in [3.63, 3.8) is 0 Å². The van der Waals surface area contributed by atoms with Crippen LogP contribution in [0.5, 0.6) is 0 Å². The topological polar surface area (TPSA) is 49.3 Å². The second-order valence-corrected chi connectivity index (χ2v) is 6.92. The summed E-state index contributed by atoms with van der Waals surface area (Å²) in [7, 11) is 1.79. The first-order valence-electron chi connectivity index (χ1n) is 9.32. The molecule has 0 saturated heterocycles. The van der Waals surface area contributed by atoms with E-state index in [9.17, 15) is 4.39 Å². The van der Waals surface area contributed by atoms with Crippen LogP contribution in [0.4, 0.5) is 4.39 Å². The van der Waals surface area contributed by atoms with Crippen molar-refractivity contribution >= 4 is 29.9 Å². The average molecular weight is 482 g/mol.